The number of benzene rings is 1. The summed E-state index contributed by atoms with van der Waals surface area (Å²) in [6.45, 7) is 4.82. The van der Waals surface area contributed by atoms with Crippen molar-refractivity contribution in [1.29, 1.82) is 0 Å². The molecule has 0 bridgehead atoms. The average Bonchev–Trinajstić information content (AvgIpc) is 2.73. The van der Waals surface area contributed by atoms with Gasteiger partial charge in [0.1, 0.15) is 12.4 Å². The van der Waals surface area contributed by atoms with E-state index in [1.54, 1.807) is 0 Å². The Morgan fingerprint density at radius 2 is 1.90 bits per heavy atom. The van der Waals surface area contributed by atoms with Crippen LogP contribution in [-0.4, -0.2) is 9.78 Å². The van der Waals surface area contributed by atoms with Crippen molar-refractivity contribution < 1.29 is 4.74 Å². The highest BCUT2D eigenvalue weighted by atomic mass is 79.9. The Labute approximate surface area is 129 Å². The fourth-order valence-corrected chi connectivity index (χ4v) is 2.90. The van der Waals surface area contributed by atoms with Crippen LogP contribution in [0.3, 0.4) is 0 Å². The molecule has 0 saturated heterocycles. The van der Waals surface area contributed by atoms with Crippen LogP contribution in [0.4, 0.5) is 0 Å². The maximum absolute atomic E-state index is 5.85. The molecule has 0 spiro atoms. The van der Waals surface area contributed by atoms with E-state index in [2.05, 4.69) is 47.0 Å². The first kappa shape index (κ1) is 15.1. The van der Waals surface area contributed by atoms with E-state index in [1.807, 2.05) is 23.9 Å². The summed E-state index contributed by atoms with van der Waals surface area (Å²) in [4.78, 5) is 0. The summed E-state index contributed by atoms with van der Waals surface area (Å²) in [6, 6.07) is 8.34. The second kappa shape index (κ2) is 6.93. The molecule has 0 atom stereocenters. The summed E-state index contributed by atoms with van der Waals surface area (Å²) >= 11 is 3.60. The molecule has 0 fully saturated rings. The number of aromatic nitrogens is 2. The fraction of sp³-hybridized carbons (Fsp3) is 0.438. The second-order valence-electron chi connectivity index (χ2n) is 4.87. The van der Waals surface area contributed by atoms with Gasteiger partial charge in [-0.15, -0.1) is 0 Å². The molecule has 0 aliphatic carbocycles. The maximum atomic E-state index is 5.85. The van der Waals surface area contributed by atoms with Gasteiger partial charge in [-0.25, -0.2) is 0 Å². The summed E-state index contributed by atoms with van der Waals surface area (Å²) in [5, 5.41) is 4.47. The molecule has 20 heavy (non-hydrogen) atoms. The minimum Gasteiger partial charge on any atom is -0.487 e. The summed E-state index contributed by atoms with van der Waals surface area (Å²) in [7, 11) is 1.95. The lowest BCUT2D eigenvalue weighted by Crippen LogP contribution is -2.03. The Morgan fingerprint density at radius 3 is 2.45 bits per heavy atom. The third-order valence-corrected chi connectivity index (χ3v) is 4.26. The van der Waals surface area contributed by atoms with E-state index in [0.717, 1.165) is 34.5 Å². The third kappa shape index (κ3) is 3.42. The van der Waals surface area contributed by atoms with Gasteiger partial charge in [-0.1, -0.05) is 32.4 Å². The first-order chi connectivity index (χ1) is 9.65. The van der Waals surface area contributed by atoms with E-state index in [-0.39, 0.29) is 0 Å². The fourth-order valence-electron chi connectivity index (χ4n) is 2.17. The molecular formula is C16H21BrN2O. The van der Waals surface area contributed by atoms with E-state index in [4.69, 9.17) is 4.74 Å². The predicted molar refractivity (Wildman–Crippen MR) is 85.1 cm³/mol. The molecule has 0 radical (unpaired) electrons. The van der Waals surface area contributed by atoms with Gasteiger partial charge >= 0.3 is 0 Å². The average molecular weight is 337 g/mol. The highest BCUT2D eigenvalue weighted by Crippen LogP contribution is 2.23. The molecule has 0 aliphatic heterocycles. The highest BCUT2D eigenvalue weighted by Gasteiger charge is 2.12. The van der Waals surface area contributed by atoms with Crippen LogP contribution in [0.5, 0.6) is 5.75 Å². The molecule has 0 amide bonds. The number of rotatable bonds is 6. The topological polar surface area (TPSA) is 27.1 Å². The second-order valence-corrected chi connectivity index (χ2v) is 5.66. The van der Waals surface area contributed by atoms with Crippen LogP contribution in [0.1, 0.15) is 37.2 Å². The van der Waals surface area contributed by atoms with Gasteiger partial charge < -0.3 is 4.74 Å². The summed E-state index contributed by atoms with van der Waals surface area (Å²) in [6.07, 6.45) is 3.20. The Balaban J connectivity index is 2.03. The Kier molecular flexibility index (Phi) is 5.24. The molecular weight excluding hydrogens is 316 g/mol. The number of halogens is 1. The normalized spacial score (nSPS) is 10.8. The molecule has 1 aromatic carbocycles. The van der Waals surface area contributed by atoms with Gasteiger partial charge in [0.05, 0.1) is 15.9 Å². The largest absolute Gasteiger partial charge is 0.487 e. The number of nitrogens with zero attached hydrogens (tertiary/aromatic N) is 2. The quantitative estimate of drug-likeness (QED) is 0.787. The third-order valence-electron chi connectivity index (χ3n) is 3.34. The maximum Gasteiger partial charge on any atom is 0.131 e. The van der Waals surface area contributed by atoms with E-state index >= 15 is 0 Å². The van der Waals surface area contributed by atoms with Crippen LogP contribution in [0.25, 0.3) is 0 Å². The van der Waals surface area contributed by atoms with Gasteiger partial charge in [0.2, 0.25) is 0 Å². The standard InChI is InChI=1S/C16H21BrN2O/c1-4-6-12-7-9-13(10-8-12)20-11-15-16(17)14(5-2)18-19(15)3/h7-10H,4-6,11H2,1-3H3. The van der Waals surface area contributed by atoms with Gasteiger partial charge in [-0.2, -0.15) is 5.10 Å². The molecule has 3 nitrogen and oxygen atoms in total. The predicted octanol–water partition coefficient (Wildman–Crippen LogP) is 4.28. The van der Waals surface area contributed by atoms with E-state index in [9.17, 15) is 0 Å². The van der Waals surface area contributed by atoms with Crippen LogP contribution in [-0.2, 0) is 26.5 Å². The van der Waals surface area contributed by atoms with Gasteiger partial charge in [0, 0.05) is 7.05 Å². The van der Waals surface area contributed by atoms with Gasteiger partial charge in [0.15, 0.2) is 0 Å². The van der Waals surface area contributed by atoms with Crippen molar-refractivity contribution >= 4 is 15.9 Å². The number of ether oxygens (including phenoxy) is 1. The van der Waals surface area contributed by atoms with Crippen LogP contribution in [0.15, 0.2) is 28.7 Å². The summed E-state index contributed by atoms with van der Waals surface area (Å²) in [5.74, 6) is 0.899. The van der Waals surface area contributed by atoms with E-state index in [1.165, 1.54) is 12.0 Å². The summed E-state index contributed by atoms with van der Waals surface area (Å²) < 4.78 is 8.80. The highest BCUT2D eigenvalue weighted by molar-refractivity contribution is 9.10. The van der Waals surface area contributed by atoms with Crippen molar-refractivity contribution in [3.63, 3.8) is 0 Å². The molecule has 0 aliphatic rings. The SMILES string of the molecule is CCCc1ccc(OCc2c(Br)c(CC)nn2C)cc1. The minimum atomic E-state index is 0.525. The molecule has 1 heterocycles. The van der Waals surface area contributed by atoms with E-state index in [0.29, 0.717) is 6.61 Å². The Morgan fingerprint density at radius 1 is 1.20 bits per heavy atom. The first-order valence-electron chi connectivity index (χ1n) is 7.07. The lowest BCUT2D eigenvalue weighted by Gasteiger charge is -2.08. The smallest absolute Gasteiger partial charge is 0.131 e. The molecule has 108 valence electrons. The lowest BCUT2D eigenvalue weighted by molar-refractivity contribution is 0.294. The van der Waals surface area contributed by atoms with Gasteiger partial charge in [-0.05, 0) is 46.5 Å². The van der Waals surface area contributed by atoms with Crippen LogP contribution in [0, 0.1) is 0 Å². The minimum absolute atomic E-state index is 0.525. The monoisotopic (exact) mass is 336 g/mol. The number of hydrogen-bond donors (Lipinski definition) is 0. The Hall–Kier alpha value is -1.29. The van der Waals surface area contributed by atoms with Crippen molar-refractivity contribution in [2.24, 2.45) is 7.05 Å². The zero-order chi connectivity index (χ0) is 14.5. The Bertz CT molecular complexity index is 561. The molecule has 2 aromatic rings. The molecule has 0 unspecified atom stereocenters. The molecule has 4 heteroatoms. The molecule has 0 saturated carbocycles. The number of aryl methyl sites for hydroxylation is 3. The van der Waals surface area contributed by atoms with Crippen molar-refractivity contribution in [2.45, 2.75) is 39.7 Å². The summed E-state index contributed by atoms with van der Waals surface area (Å²) in [5.41, 5.74) is 3.50. The van der Waals surface area contributed by atoms with Gasteiger partial charge in [0.25, 0.3) is 0 Å². The zero-order valence-corrected chi connectivity index (χ0v) is 13.9. The van der Waals surface area contributed by atoms with Gasteiger partial charge in [-0.3, -0.25) is 4.68 Å². The lowest BCUT2D eigenvalue weighted by atomic mass is 10.1. The van der Waals surface area contributed by atoms with Crippen LogP contribution < -0.4 is 4.74 Å². The van der Waals surface area contributed by atoms with Crippen LogP contribution in [0.2, 0.25) is 0 Å². The zero-order valence-electron chi connectivity index (χ0n) is 12.3. The van der Waals surface area contributed by atoms with Crippen molar-refractivity contribution in [3.05, 3.63) is 45.7 Å². The van der Waals surface area contributed by atoms with Crippen molar-refractivity contribution in [1.82, 2.24) is 9.78 Å². The van der Waals surface area contributed by atoms with Crippen molar-refractivity contribution in [3.8, 4) is 5.75 Å². The number of hydrogen-bond acceptors (Lipinski definition) is 2. The van der Waals surface area contributed by atoms with Crippen molar-refractivity contribution in [2.75, 3.05) is 0 Å². The molecule has 2 rings (SSSR count). The molecule has 0 N–H and O–H groups in total. The van der Waals surface area contributed by atoms with Crippen LogP contribution >= 0.6 is 15.9 Å². The first-order valence-corrected chi connectivity index (χ1v) is 7.87. The molecule has 1 aromatic heterocycles. The van der Waals surface area contributed by atoms with E-state index < -0.39 is 0 Å².